The lowest BCUT2D eigenvalue weighted by atomic mass is 10.1. The number of pyridine rings is 1. The molecule has 2 aliphatic rings. The molecule has 1 aromatic carbocycles. The lowest BCUT2D eigenvalue weighted by molar-refractivity contribution is -0.0586. The standard InChI is InChI=1S/C27H37N5O3/c1-20-18-32(19-21(2)35-20)26(33)24-10-7-22(8-11-24)15-29-27(34)30-17-23-9-12-25(28-16-23)31-13-5-3-4-6-14-31/h7-12,16,20-21H,3-6,13-15,17-19H2,1-2H3,(H2,29,30,34). The van der Waals surface area contributed by atoms with Crippen LogP contribution in [-0.2, 0) is 17.8 Å². The van der Waals surface area contributed by atoms with Gasteiger partial charge in [0.15, 0.2) is 0 Å². The summed E-state index contributed by atoms with van der Waals surface area (Å²) in [5.41, 5.74) is 2.55. The van der Waals surface area contributed by atoms with Crippen molar-refractivity contribution in [1.29, 1.82) is 0 Å². The van der Waals surface area contributed by atoms with Crippen molar-refractivity contribution in [2.75, 3.05) is 31.1 Å². The molecule has 2 aromatic rings. The van der Waals surface area contributed by atoms with Gasteiger partial charge >= 0.3 is 6.03 Å². The molecule has 2 N–H and O–H groups in total. The molecule has 1 aromatic heterocycles. The van der Waals surface area contributed by atoms with Gasteiger partial charge in [-0.15, -0.1) is 0 Å². The van der Waals surface area contributed by atoms with Crippen LogP contribution in [0.5, 0.6) is 0 Å². The molecule has 0 spiro atoms. The number of rotatable bonds is 6. The van der Waals surface area contributed by atoms with Crippen LogP contribution in [0.4, 0.5) is 10.6 Å². The van der Waals surface area contributed by atoms with Crippen molar-refractivity contribution >= 4 is 17.8 Å². The highest BCUT2D eigenvalue weighted by Crippen LogP contribution is 2.18. The molecule has 2 atom stereocenters. The highest BCUT2D eigenvalue weighted by Gasteiger charge is 2.26. The fourth-order valence-electron chi connectivity index (χ4n) is 4.73. The highest BCUT2D eigenvalue weighted by molar-refractivity contribution is 5.94. The van der Waals surface area contributed by atoms with Crippen LogP contribution in [0.15, 0.2) is 42.6 Å². The van der Waals surface area contributed by atoms with E-state index in [-0.39, 0.29) is 24.1 Å². The number of nitrogens with one attached hydrogen (secondary N) is 2. The summed E-state index contributed by atoms with van der Waals surface area (Å²) in [4.78, 5) is 33.8. The maximum absolute atomic E-state index is 12.8. The van der Waals surface area contributed by atoms with Crippen LogP contribution in [0.3, 0.4) is 0 Å². The van der Waals surface area contributed by atoms with Crippen LogP contribution >= 0.6 is 0 Å². The minimum Gasteiger partial charge on any atom is -0.372 e. The Bertz CT molecular complexity index is 961. The molecule has 3 heterocycles. The number of aromatic nitrogens is 1. The van der Waals surface area contributed by atoms with Gasteiger partial charge in [-0.3, -0.25) is 4.79 Å². The minimum absolute atomic E-state index is 0.0136. The van der Waals surface area contributed by atoms with Crippen LogP contribution in [0.25, 0.3) is 0 Å². The van der Waals surface area contributed by atoms with E-state index in [4.69, 9.17) is 4.74 Å². The van der Waals surface area contributed by atoms with E-state index in [1.165, 1.54) is 25.7 Å². The van der Waals surface area contributed by atoms with E-state index in [1.807, 2.05) is 61.3 Å². The van der Waals surface area contributed by atoms with Gasteiger partial charge in [0.05, 0.1) is 12.2 Å². The Balaban J connectivity index is 1.20. The number of morpholine rings is 1. The third kappa shape index (κ3) is 7.18. The monoisotopic (exact) mass is 479 g/mol. The third-order valence-corrected chi connectivity index (χ3v) is 6.55. The first kappa shape index (κ1) is 25.0. The molecule has 0 aliphatic carbocycles. The molecule has 2 fully saturated rings. The van der Waals surface area contributed by atoms with Crippen LogP contribution in [0.2, 0.25) is 0 Å². The number of urea groups is 1. The number of benzene rings is 1. The summed E-state index contributed by atoms with van der Waals surface area (Å²) in [5.74, 6) is 1.03. The van der Waals surface area contributed by atoms with Crippen molar-refractivity contribution in [1.82, 2.24) is 20.5 Å². The number of carbonyl (C=O) groups excluding carboxylic acids is 2. The van der Waals surface area contributed by atoms with Crippen LogP contribution in [0, 0.1) is 0 Å². The zero-order valence-electron chi connectivity index (χ0n) is 20.8. The molecule has 8 nitrogen and oxygen atoms in total. The summed E-state index contributed by atoms with van der Waals surface area (Å²) in [6.07, 6.45) is 6.95. The highest BCUT2D eigenvalue weighted by atomic mass is 16.5. The Morgan fingerprint density at radius 1 is 0.886 bits per heavy atom. The summed E-state index contributed by atoms with van der Waals surface area (Å²) >= 11 is 0. The summed E-state index contributed by atoms with van der Waals surface area (Å²) in [6, 6.07) is 11.2. The molecule has 188 valence electrons. The lowest BCUT2D eigenvalue weighted by Crippen LogP contribution is -2.48. The first-order chi connectivity index (χ1) is 17.0. The zero-order chi connectivity index (χ0) is 24.6. The van der Waals surface area contributed by atoms with E-state index in [0.29, 0.717) is 31.7 Å². The fraction of sp³-hybridized carbons (Fsp3) is 0.519. The van der Waals surface area contributed by atoms with Crippen molar-refractivity contribution in [3.63, 3.8) is 0 Å². The van der Waals surface area contributed by atoms with Gasteiger partial charge in [-0.1, -0.05) is 31.0 Å². The minimum atomic E-state index is -0.238. The quantitative estimate of drug-likeness (QED) is 0.660. The summed E-state index contributed by atoms with van der Waals surface area (Å²) in [6.45, 7) is 8.10. The van der Waals surface area contributed by atoms with Crippen molar-refractivity contribution in [3.05, 3.63) is 59.3 Å². The smallest absolute Gasteiger partial charge is 0.315 e. The molecule has 35 heavy (non-hydrogen) atoms. The van der Waals surface area contributed by atoms with Gasteiger partial charge in [-0.05, 0) is 56.0 Å². The van der Waals surface area contributed by atoms with E-state index in [2.05, 4.69) is 20.5 Å². The number of carbonyl (C=O) groups is 2. The summed E-state index contributed by atoms with van der Waals surface area (Å²) in [5, 5.41) is 5.76. The topological polar surface area (TPSA) is 86.8 Å². The largest absolute Gasteiger partial charge is 0.372 e. The lowest BCUT2D eigenvalue weighted by Gasteiger charge is -2.35. The third-order valence-electron chi connectivity index (χ3n) is 6.55. The second-order valence-electron chi connectivity index (χ2n) is 9.63. The fourth-order valence-corrected chi connectivity index (χ4v) is 4.73. The van der Waals surface area contributed by atoms with E-state index in [1.54, 1.807) is 0 Å². The van der Waals surface area contributed by atoms with Crippen molar-refractivity contribution < 1.29 is 14.3 Å². The predicted octanol–water partition coefficient (Wildman–Crippen LogP) is 3.71. The molecule has 2 unspecified atom stereocenters. The van der Waals surface area contributed by atoms with Gasteiger partial charge in [-0.25, -0.2) is 9.78 Å². The molecule has 4 rings (SSSR count). The van der Waals surface area contributed by atoms with E-state index in [0.717, 1.165) is 30.0 Å². The normalized spacial score (nSPS) is 20.7. The van der Waals surface area contributed by atoms with E-state index < -0.39 is 0 Å². The summed E-state index contributed by atoms with van der Waals surface area (Å²) < 4.78 is 5.71. The molecule has 2 aliphatic heterocycles. The Morgan fingerprint density at radius 3 is 2.09 bits per heavy atom. The van der Waals surface area contributed by atoms with E-state index >= 15 is 0 Å². The number of amides is 3. The van der Waals surface area contributed by atoms with Crippen LogP contribution < -0.4 is 15.5 Å². The Kier molecular flexibility index (Phi) is 8.58. The van der Waals surface area contributed by atoms with Crippen molar-refractivity contribution in [2.45, 2.75) is 64.8 Å². The molecule has 3 amide bonds. The number of ether oxygens (including phenoxy) is 1. The number of hydrogen-bond acceptors (Lipinski definition) is 5. The van der Waals surface area contributed by atoms with Crippen molar-refractivity contribution in [2.24, 2.45) is 0 Å². The summed E-state index contributed by atoms with van der Waals surface area (Å²) in [7, 11) is 0. The molecule has 0 bridgehead atoms. The van der Waals surface area contributed by atoms with Gasteiger partial charge in [0, 0.05) is 51.0 Å². The van der Waals surface area contributed by atoms with Gasteiger partial charge in [0.25, 0.3) is 5.91 Å². The molecule has 2 saturated heterocycles. The second kappa shape index (κ2) is 12.0. The second-order valence-corrected chi connectivity index (χ2v) is 9.63. The number of anilines is 1. The van der Waals surface area contributed by atoms with Gasteiger partial charge in [0.1, 0.15) is 5.82 Å². The SMILES string of the molecule is CC1CN(C(=O)c2ccc(CNC(=O)NCc3ccc(N4CCCCCC4)nc3)cc2)CC(C)O1. The Morgan fingerprint density at radius 2 is 1.49 bits per heavy atom. The van der Waals surface area contributed by atoms with Gasteiger partial charge in [0.2, 0.25) is 0 Å². The maximum atomic E-state index is 12.8. The molecular weight excluding hydrogens is 442 g/mol. The Hall–Kier alpha value is -3.13. The molecule has 0 saturated carbocycles. The first-order valence-corrected chi connectivity index (χ1v) is 12.7. The Labute approximate surface area is 208 Å². The maximum Gasteiger partial charge on any atom is 0.315 e. The molecule has 0 radical (unpaired) electrons. The van der Waals surface area contributed by atoms with Gasteiger partial charge in [-0.2, -0.15) is 0 Å². The van der Waals surface area contributed by atoms with Crippen LogP contribution in [0.1, 0.15) is 61.0 Å². The molecule has 8 heteroatoms. The zero-order valence-corrected chi connectivity index (χ0v) is 20.8. The average Bonchev–Trinajstić information content (AvgIpc) is 3.15. The van der Waals surface area contributed by atoms with Gasteiger partial charge < -0.3 is 25.2 Å². The molecular formula is C27H37N5O3. The number of hydrogen-bond donors (Lipinski definition) is 2. The predicted molar refractivity (Wildman–Crippen MR) is 136 cm³/mol. The number of nitrogens with zero attached hydrogens (tertiary/aromatic N) is 3. The van der Waals surface area contributed by atoms with Crippen molar-refractivity contribution in [3.8, 4) is 0 Å². The van der Waals surface area contributed by atoms with E-state index in [9.17, 15) is 9.59 Å². The first-order valence-electron chi connectivity index (χ1n) is 12.7. The average molecular weight is 480 g/mol. The van der Waals surface area contributed by atoms with Crippen LogP contribution in [-0.4, -0.2) is 60.2 Å².